The van der Waals surface area contributed by atoms with E-state index in [0.29, 0.717) is 25.2 Å². The van der Waals surface area contributed by atoms with Crippen LogP contribution in [-0.2, 0) is 9.59 Å². The molecule has 1 aliphatic rings. The third kappa shape index (κ3) is 3.32. The average molecular weight is 254 g/mol. The lowest BCUT2D eigenvalue weighted by Crippen LogP contribution is -2.59. The van der Waals surface area contributed by atoms with E-state index in [4.69, 9.17) is 5.73 Å². The molecular weight excluding hydrogens is 232 g/mol. The maximum absolute atomic E-state index is 11.9. The van der Waals surface area contributed by atoms with Crippen molar-refractivity contribution < 1.29 is 14.7 Å². The fourth-order valence-electron chi connectivity index (χ4n) is 2.53. The Kier molecular flexibility index (Phi) is 4.90. The first kappa shape index (κ1) is 14.7. The van der Waals surface area contributed by atoms with Gasteiger partial charge in [-0.2, -0.15) is 0 Å². The second-order valence-corrected chi connectivity index (χ2v) is 5.21. The summed E-state index contributed by atoms with van der Waals surface area (Å²) in [6, 6.07) is -0.726. The summed E-state index contributed by atoms with van der Waals surface area (Å²) in [4.78, 5) is 23.3. The molecule has 102 valence electrons. The second kappa shape index (κ2) is 6.00. The number of nitrogens with two attached hydrogens (primary N) is 1. The van der Waals surface area contributed by atoms with Gasteiger partial charge in [-0.25, -0.2) is 4.79 Å². The van der Waals surface area contributed by atoms with E-state index in [0.717, 1.165) is 12.8 Å². The van der Waals surface area contributed by atoms with Crippen LogP contribution >= 0.6 is 0 Å². The Bertz CT molecular complexity index is 343. The van der Waals surface area contributed by atoms with Crippen LogP contribution in [0, 0.1) is 5.92 Å². The Balaban J connectivity index is 2.77. The summed E-state index contributed by atoms with van der Waals surface area (Å²) >= 11 is 0. The Labute approximate surface area is 107 Å². The Morgan fingerprint density at radius 2 is 2.33 bits per heavy atom. The van der Waals surface area contributed by atoms with Crippen molar-refractivity contribution in [2.24, 2.45) is 11.7 Å². The molecule has 3 atom stereocenters. The highest BCUT2D eigenvalue weighted by molar-refractivity contribution is 5.89. The van der Waals surface area contributed by atoms with E-state index >= 15 is 0 Å². The summed E-state index contributed by atoms with van der Waals surface area (Å²) in [5, 5.41) is 12.0. The molecule has 0 aromatic heterocycles. The van der Waals surface area contributed by atoms with Crippen LogP contribution in [0.15, 0.2) is 12.7 Å². The molecule has 1 aliphatic carbocycles. The van der Waals surface area contributed by atoms with E-state index in [1.807, 2.05) is 6.92 Å². The number of carbonyl (C=O) groups is 2. The van der Waals surface area contributed by atoms with Crippen LogP contribution < -0.4 is 11.1 Å². The van der Waals surface area contributed by atoms with Gasteiger partial charge in [-0.15, -0.1) is 6.58 Å². The van der Waals surface area contributed by atoms with Crippen LogP contribution in [0.2, 0.25) is 0 Å². The predicted molar refractivity (Wildman–Crippen MR) is 68.9 cm³/mol. The number of nitrogens with one attached hydrogen (secondary N) is 1. The SMILES string of the molecule is C=CCC(N)C(=O)NC1(C(=O)O)CCCC(C)C1. The lowest BCUT2D eigenvalue weighted by Gasteiger charge is -2.37. The van der Waals surface area contributed by atoms with Crippen LogP contribution in [0.5, 0.6) is 0 Å². The zero-order valence-electron chi connectivity index (χ0n) is 10.8. The molecule has 0 aromatic rings. The van der Waals surface area contributed by atoms with Gasteiger partial charge in [0.15, 0.2) is 0 Å². The summed E-state index contributed by atoms with van der Waals surface area (Å²) in [7, 11) is 0. The molecule has 5 heteroatoms. The molecule has 3 unspecified atom stereocenters. The van der Waals surface area contributed by atoms with Crippen molar-refractivity contribution in [3.63, 3.8) is 0 Å². The van der Waals surface area contributed by atoms with Gasteiger partial charge in [0.05, 0.1) is 6.04 Å². The Hall–Kier alpha value is -1.36. The molecule has 1 rings (SSSR count). The number of carboxylic acids is 1. The second-order valence-electron chi connectivity index (χ2n) is 5.21. The maximum atomic E-state index is 11.9. The molecule has 1 fully saturated rings. The molecule has 1 amide bonds. The van der Waals surface area contributed by atoms with Crippen molar-refractivity contribution in [1.29, 1.82) is 0 Å². The molecule has 0 bridgehead atoms. The van der Waals surface area contributed by atoms with Crippen LogP contribution in [-0.4, -0.2) is 28.6 Å². The molecule has 0 heterocycles. The van der Waals surface area contributed by atoms with Crippen molar-refractivity contribution in [1.82, 2.24) is 5.32 Å². The van der Waals surface area contributed by atoms with Gasteiger partial charge in [0.2, 0.25) is 5.91 Å². The normalized spacial score (nSPS) is 29.3. The number of carboxylic acid groups (broad SMARTS) is 1. The summed E-state index contributed by atoms with van der Waals surface area (Å²) < 4.78 is 0. The molecule has 1 saturated carbocycles. The fraction of sp³-hybridized carbons (Fsp3) is 0.692. The number of hydrogen-bond acceptors (Lipinski definition) is 3. The molecule has 5 nitrogen and oxygen atoms in total. The lowest BCUT2D eigenvalue weighted by atomic mass is 9.76. The zero-order valence-corrected chi connectivity index (χ0v) is 10.8. The van der Waals surface area contributed by atoms with E-state index in [9.17, 15) is 14.7 Å². The largest absolute Gasteiger partial charge is 0.480 e. The van der Waals surface area contributed by atoms with Gasteiger partial charge in [-0.05, 0) is 25.2 Å². The molecule has 0 spiro atoms. The van der Waals surface area contributed by atoms with Gasteiger partial charge >= 0.3 is 5.97 Å². The minimum atomic E-state index is -1.15. The summed E-state index contributed by atoms with van der Waals surface area (Å²) in [5.41, 5.74) is 4.52. The van der Waals surface area contributed by atoms with E-state index in [2.05, 4.69) is 11.9 Å². The average Bonchev–Trinajstić information content (AvgIpc) is 2.29. The minimum absolute atomic E-state index is 0.297. The number of carbonyl (C=O) groups excluding carboxylic acids is 1. The Morgan fingerprint density at radius 3 is 2.83 bits per heavy atom. The summed E-state index contributed by atoms with van der Waals surface area (Å²) in [6.45, 7) is 5.52. The van der Waals surface area contributed by atoms with Crippen molar-refractivity contribution in [3.05, 3.63) is 12.7 Å². The van der Waals surface area contributed by atoms with Crippen molar-refractivity contribution in [3.8, 4) is 0 Å². The molecule has 4 N–H and O–H groups in total. The van der Waals surface area contributed by atoms with Crippen LogP contribution in [0.3, 0.4) is 0 Å². The molecule has 0 aliphatic heterocycles. The first-order valence-corrected chi connectivity index (χ1v) is 6.33. The van der Waals surface area contributed by atoms with Gasteiger partial charge in [-0.3, -0.25) is 4.79 Å². The van der Waals surface area contributed by atoms with E-state index < -0.39 is 23.5 Å². The molecule has 0 radical (unpaired) electrons. The fourth-order valence-corrected chi connectivity index (χ4v) is 2.53. The predicted octanol–water partition coefficient (Wildman–Crippen LogP) is 1.04. The first-order chi connectivity index (χ1) is 8.41. The molecule has 0 aromatic carbocycles. The topological polar surface area (TPSA) is 92.4 Å². The van der Waals surface area contributed by atoms with E-state index in [1.165, 1.54) is 0 Å². The van der Waals surface area contributed by atoms with Gasteiger partial charge in [0.25, 0.3) is 0 Å². The molecule has 18 heavy (non-hydrogen) atoms. The minimum Gasteiger partial charge on any atom is -0.480 e. The van der Waals surface area contributed by atoms with Gasteiger partial charge < -0.3 is 16.2 Å². The first-order valence-electron chi connectivity index (χ1n) is 6.33. The highest BCUT2D eigenvalue weighted by atomic mass is 16.4. The van der Waals surface area contributed by atoms with E-state index in [1.54, 1.807) is 6.08 Å². The monoisotopic (exact) mass is 254 g/mol. The maximum Gasteiger partial charge on any atom is 0.329 e. The molecule has 0 saturated heterocycles. The number of amides is 1. The summed E-state index contributed by atoms with van der Waals surface area (Å²) in [5.74, 6) is -1.08. The van der Waals surface area contributed by atoms with Crippen LogP contribution in [0.1, 0.15) is 39.0 Å². The van der Waals surface area contributed by atoms with Gasteiger partial charge in [0.1, 0.15) is 5.54 Å². The van der Waals surface area contributed by atoms with Gasteiger partial charge in [0, 0.05) is 0 Å². The number of rotatable bonds is 5. The number of aliphatic carboxylic acids is 1. The van der Waals surface area contributed by atoms with Crippen LogP contribution in [0.4, 0.5) is 0 Å². The van der Waals surface area contributed by atoms with Crippen LogP contribution in [0.25, 0.3) is 0 Å². The zero-order chi connectivity index (χ0) is 13.8. The molecular formula is C13H22N2O3. The quantitative estimate of drug-likeness (QED) is 0.639. The smallest absolute Gasteiger partial charge is 0.329 e. The standard InChI is InChI=1S/C13H22N2O3/c1-3-5-10(14)11(16)15-13(12(17)18)7-4-6-9(2)8-13/h3,9-10H,1,4-8,14H2,2H3,(H,15,16)(H,17,18). The van der Waals surface area contributed by atoms with Crippen molar-refractivity contribution in [2.75, 3.05) is 0 Å². The highest BCUT2D eigenvalue weighted by Crippen LogP contribution is 2.32. The van der Waals surface area contributed by atoms with Gasteiger partial charge in [-0.1, -0.05) is 25.8 Å². The van der Waals surface area contributed by atoms with E-state index in [-0.39, 0.29) is 0 Å². The highest BCUT2D eigenvalue weighted by Gasteiger charge is 2.43. The number of hydrogen-bond donors (Lipinski definition) is 3. The third-order valence-corrected chi connectivity index (χ3v) is 3.53. The van der Waals surface area contributed by atoms with Crippen molar-refractivity contribution in [2.45, 2.75) is 50.6 Å². The van der Waals surface area contributed by atoms with Crippen molar-refractivity contribution >= 4 is 11.9 Å². The lowest BCUT2D eigenvalue weighted by molar-refractivity contribution is -0.150. The third-order valence-electron chi connectivity index (χ3n) is 3.53. The Morgan fingerprint density at radius 1 is 1.67 bits per heavy atom. The summed E-state index contributed by atoms with van der Waals surface area (Å²) in [6.07, 6.45) is 4.65.